The lowest BCUT2D eigenvalue weighted by Gasteiger charge is -2.33. The zero-order valence-electron chi connectivity index (χ0n) is 41.8. The molecule has 0 unspecified atom stereocenters. The van der Waals surface area contributed by atoms with Crippen molar-refractivity contribution in [3.63, 3.8) is 0 Å². The SMILES string of the molecule is CC[C@H](C)[C@@H]1NC(=O)[C@H](Cc2ccccc2)NC(=O)[C@H]([C@@H](C)CC)NC(=O)[C@@H]2CCCN2C(=O)[C@H](Cc2ccccc2)NC(=O)[C@H](C(C)C)NC(=O)[C@H]([C@@H](C)CC)NC(=O)[C@@H](CC[S@](C)=O)NC1=O. The lowest BCUT2D eigenvalue weighted by atomic mass is 9.95. The maximum absolute atomic E-state index is 14.7. The fraction of sp³-hybridized carbons (Fsp3) is 0.608. The van der Waals surface area contributed by atoms with E-state index in [9.17, 15) is 42.6 Å². The quantitative estimate of drug-likeness (QED) is 0.147. The summed E-state index contributed by atoms with van der Waals surface area (Å²) in [7, 11) is -1.38. The highest BCUT2D eigenvalue weighted by Crippen LogP contribution is 2.22. The lowest BCUT2D eigenvalue weighted by Crippen LogP contribution is -2.63. The summed E-state index contributed by atoms with van der Waals surface area (Å²) in [4.78, 5) is 117. The van der Waals surface area contributed by atoms with Gasteiger partial charge in [-0.25, -0.2) is 0 Å². The molecule has 12 atom stereocenters. The second-order valence-corrected chi connectivity index (χ2v) is 20.7. The van der Waals surface area contributed by atoms with Crippen LogP contribution >= 0.6 is 0 Å². The van der Waals surface area contributed by atoms with E-state index in [-0.39, 0.29) is 31.6 Å². The molecule has 7 N–H and O–H groups in total. The van der Waals surface area contributed by atoms with E-state index in [0.717, 1.165) is 5.56 Å². The molecule has 2 aliphatic rings. The van der Waals surface area contributed by atoms with Crippen LogP contribution in [-0.4, -0.2) is 123 Å². The molecule has 2 aliphatic heterocycles. The number of benzene rings is 2. The van der Waals surface area contributed by atoms with E-state index < -0.39 is 130 Å². The maximum Gasteiger partial charge on any atom is 0.246 e. The van der Waals surface area contributed by atoms with Gasteiger partial charge in [-0.3, -0.25) is 42.6 Å². The first-order valence-corrected chi connectivity index (χ1v) is 26.3. The summed E-state index contributed by atoms with van der Waals surface area (Å²) in [6, 6.07) is 8.71. The number of nitrogens with zero attached hydrogens (tertiary/aromatic N) is 1. The van der Waals surface area contributed by atoms with Gasteiger partial charge in [-0.05, 0) is 54.1 Å². The Morgan fingerprint density at radius 1 is 0.522 bits per heavy atom. The number of hydrogen-bond donors (Lipinski definition) is 7. The molecule has 2 saturated heterocycles. The van der Waals surface area contributed by atoms with Crippen LogP contribution in [-0.2, 0) is 62.0 Å². The Bertz CT molecular complexity index is 2110. The molecule has 2 aromatic rings. The number of fused-ring (bicyclic) bond motifs is 1. The topological polar surface area (TPSA) is 241 Å². The Hall–Kier alpha value is -5.65. The van der Waals surface area contributed by atoms with Crippen LogP contribution in [0.1, 0.15) is 105 Å². The molecule has 2 aromatic carbocycles. The average Bonchev–Trinajstić information content (AvgIpc) is 3.83. The van der Waals surface area contributed by atoms with Crippen LogP contribution < -0.4 is 37.2 Å². The molecule has 69 heavy (non-hydrogen) atoms. The monoisotopic (exact) mass is 977 g/mol. The van der Waals surface area contributed by atoms with E-state index in [1.54, 1.807) is 58.9 Å². The van der Waals surface area contributed by atoms with Gasteiger partial charge in [-0.15, -0.1) is 0 Å². The predicted molar refractivity (Wildman–Crippen MR) is 265 cm³/mol. The molecule has 0 bridgehead atoms. The maximum atomic E-state index is 14.7. The van der Waals surface area contributed by atoms with Crippen molar-refractivity contribution < 1.29 is 42.6 Å². The summed E-state index contributed by atoms with van der Waals surface area (Å²) in [5, 5.41) is 20.0. The highest BCUT2D eigenvalue weighted by Gasteiger charge is 2.42. The van der Waals surface area contributed by atoms with Crippen LogP contribution in [0.5, 0.6) is 0 Å². The van der Waals surface area contributed by atoms with Crippen LogP contribution in [0.4, 0.5) is 0 Å². The van der Waals surface area contributed by atoms with E-state index >= 15 is 0 Å². The zero-order chi connectivity index (χ0) is 50.9. The minimum absolute atomic E-state index is 0.0224. The highest BCUT2D eigenvalue weighted by molar-refractivity contribution is 7.84. The molecule has 0 radical (unpaired) electrons. The van der Waals surface area contributed by atoms with E-state index in [4.69, 9.17) is 0 Å². The van der Waals surface area contributed by atoms with Crippen molar-refractivity contribution in [2.24, 2.45) is 23.7 Å². The molecule has 2 heterocycles. The van der Waals surface area contributed by atoms with Crippen molar-refractivity contribution in [2.75, 3.05) is 18.6 Å². The normalized spacial score (nSPS) is 27.0. The van der Waals surface area contributed by atoms with Gasteiger partial charge in [0.25, 0.3) is 0 Å². The summed E-state index contributed by atoms with van der Waals surface area (Å²) in [5.74, 6) is -6.98. The fourth-order valence-corrected chi connectivity index (χ4v) is 9.16. The second kappa shape index (κ2) is 26.9. The van der Waals surface area contributed by atoms with Gasteiger partial charge in [0, 0.05) is 42.2 Å². The molecule has 8 amide bonds. The van der Waals surface area contributed by atoms with Crippen molar-refractivity contribution in [1.29, 1.82) is 0 Å². The molecule has 0 spiro atoms. The number of amides is 8. The first-order valence-electron chi connectivity index (χ1n) is 24.6. The molecule has 4 rings (SSSR count). The van der Waals surface area contributed by atoms with Crippen LogP contribution in [0.3, 0.4) is 0 Å². The van der Waals surface area contributed by atoms with E-state index in [2.05, 4.69) is 37.2 Å². The molecule has 2 fully saturated rings. The number of nitrogens with one attached hydrogen (secondary N) is 7. The van der Waals surface area contributed by atoms with Gasteiger partial charge in [-0.2, -0.15) is 0 Å². The van der Waals surface area contributed by atoms with Gasteiger partial charge >= 0.3 is 0 Å². The van der Waals surface area contributed by atoms with Gasteiger partial charge in [-0.1, -0.05) is 135 Å². The summed E-state index contributed by atoms with van der Waals surface area (Å²) < 4.78 is 12.4. The highest BCUT2D eigenvalue weighted by atomic mass is 32.2. The number of rotatable bonds is 14. The number of carbonyl (C=O) groups excluding carboxylic acids is 8. The fourth-order valence-electron chi connectivity index (χ4n) is 8.59. The predicted octanol–water partition coefficient (Wildman–Crippen LogP) is 2.43. The minimum atomic E-state index is -1.38. The summed E-state index contributed by atoms with van der Waals surface area (Å²) in [5.41, 5.74) is 1.45. The largest absolute Gasteiger partial charge is 0.342 e. The molecular formula is C51H76N8O9S. The van der Waals surface area contributed by atoms with Crippen LogP contribution in [0, 0.1) is 23.7 Å². The standard InChI is InChI=1S/C51H76N8O9S/c1-10-31(6)41-48(64)52-36(25-27-69(9)68)44(60)56-43(33(8)12-3)50(66)55-40(30(4)5)47(63)54-38(29-35-22-17-14-18-23-35)51(67)59-26-19-24-39(59)46(62)58-42(32(7)11-2)49(65)53-37(45(61)57-41)28-34-20-15-13-16-21-34/h13-18,20-23,30-33,36-43H,10-12,19,24-29H2,1-9H3,(H,52,64)(H,53,65)(H,54,63)(H,55,66)(H,56,60)(H,57,61)(H,58,62)/t31-,32-,33-,36+,37-,38-,39-,40-,41-,42-,43-,69-/m0/s1. The first kappa shape index (κ1) is 55.9. The molecule has 17 nitrogen and oxygen atoms in total. The van der Waals surface area contributed by atoms with Crippen molar-refractivity contribution in [2.45, 2.75) is 155 Å². The first-order chi connectivity index (χ1) is 32.8. The Morgan fingerprint density at radius 3 is 1.38 bits per heavy atom. The molecule has 0 saturated carbocycles. The Balaban J connectivity index is 1.86. The van der Waals surface area contributed by atoms with Crippen LogP contribution in [0.15, 0.2) is 60.7 Å². The number of carbonyl (C=O) groups is 8. The van der Waals surface area contributed by atoms with E-state index in [1.165, 1.54) is 11.2 Å². The summed E-state index contributed by atoms with van der Waals surface area (Å²) in [6.45, 7) is 14.6. The van der Waals surface area contributed by atoms with Gasteiger partial charge in [0.15, 0.2) is 0 Å². The average molecular weight is 977 g/mol. The Morgan fingerprint density at radius 2 is 0.913 bits per heavy atom. The third kappa shape index (κ3) is 15.9. The molecule has 18 heteroatoms. The van der Waals surface area contributed by atoms with E-state index in [0.29, 0.717) is 37.7 Å². The van der Waals surface area contributed by atoms with Gasteiger partial charge in [0.2, 0.25) is 47.3 Å². The van der Waals surface area contributed by atoms with Gasteiger partial charge < -0.3 is 42.1 Å². The molecular weight excluding hydrogens is 901 g/mol. The Kier molecular flexibility index (Phi) is 21.8. The van der Waals surface area contributed by atoms with Crippen molar-refractivity contribution in [3.05, 3.63) is 71.8 Å². The lowest BCUT2D eigenvalue weighted by molar-refractivity contribution is -0.143. The molecule has 380 valence electrons. The van der Waals surface area contributed by atoms with Gasteiger partial charge in [0.1, 0.15) is 48.3 Å². The van der Waals surface area contributed by atoms with E-state index in [1.807, 2.05) is 57.2 Å². The minimum Gasteiger partial charge on any atom is -0.342 e. The third-order valence-corrected chi connectivity index (χ3v) is 14.4. The van der Waals surface area contributed by atoms with Crippen molar-refractivity contribution in [1.82, 2.24) is 42.1 Å². The Labute approximate surface area is 410 Å². The zero-order valence-corrected chi connectivity index (χ0v) is 42.6. The van der Waals surface area contributed by atoms with Crippen molar-refractivity contribution >= 4 is 58.1 Å². The number of hydrogen-bond acceptors (Lipinski definition) is 9. The van der Waals surface area contributed by atoms with Crippen LogP contribution in [0.2, 0.25) is 0 Å². The smallest absolute Gasteiger partial charge is 0.246 e. The summed E-state index contributed by atoms with van der Waals surface area (Å²) >= 11 is 0. The van der Waals surface area contributed by atoms with Gasteiger partial charge in [0.05, 0.1) is 0 Å². The summed E-state index contributed by atoms with van der Waals surface area (Å²) in [6.07, 6.45) is 3.59. The molecule has 0 aromatic heterocycles. The second-order valence-electron chi connectivity index (χ2n) is 19.2. The molecule has 0 aliphatic carbocycles. The van der Waals surface area contributed by atoms with Crippen molar-refractivity contribution in [3.8, 4) is 0 Å². The van der Waals surface area contributed by atoms with Crippen LogP contribution in [0.25, 0.3) is 0 Å². The third-order valence-electron chi connectivity index (χ3n) is 13.6.